The number of hydrogen-bond acceptors (Lipinski definition) is 6. The molecule has 0 bridgehead atoms. The number of hydrogen-bond donors (Lipinski definition) is 1. The van der Waals surface area contributed by atoms with Crippen LogP contribution in [0.2, 0.25) is 0 Å². The van der Waals surface area contributed by atoms with Crippen molar-refractivity contribution in [3.8, 4) is 17.2 Å². The van der Waals surface area contributed by atoms with E-state index in [4.69, 9.17) is 14.2 Å². The lowest BCUT2D eigenvalue weighted by atomic mass is 10.1. The van der Waals surface area contributed by atoms with Crippen LogP contribution in [0.15, 0.2) is 60.9 Å². The average Bonchev–Trinajstić information content (AvgIpc) is 3.32. The molecule has 156 valence electrons. The molecule has 30 heavy (non-hydrogen) atoms. The minimum absolute atomic E-state index is 0.348. The summed E-state index contributed by atoms with van der Waals surface area (Å²) >= 11 is 0. The number of carbonyl (C=O) groups excluding carboxylic acids is 2. The molecule has 0 aliphatic carbocycles. The van der Waals surface area contributed by atoms with Crippen molar-refractivity contribution in [3.05, 3.63) is 72.1 Å². The molecule has 0 aliphatic heterocycles. The summed E-state index contributed by atoms with van der Waals surface area (Å²) in [5, 5.41) is 6.92. The van der Waals surface area contributed by atoms with Crippen LogP contribution in [0.25, 0.3) is 5.69 Å². The van der Waals surface area contributed by atoms with Gasteiger partial charge in [-0.05, 0) is 55.5 Å². The van der Waals surface area contributed by atoms with Crippen molar-refractivity contribution in [2.75, 3.05) is 20.8 Å². The van der Waals surface area contributed by atoms with Gasteiger partial charge in [-0.1, -0.05) is 0 Å². The minimum Gasteiger partial charge on any atom is -0.497 e. The Hall–Kier alpha value is -3.81. The maximum Gasteiger partial charge on any atom is 0.338 e. The fourth-order valence-electron chi connectivity index (χ4n) is 2.92. The minimum atomic E-state index is -0.580. The van der Waals surface area contributed by atoms with E-state index < -0.39 is 18.5 Å². The number of amides is 1. The molecule has 1 amide bonds. The molecule has 0 radical (unpaired) electrons. The summed E-state index contributed by atoms with van der Waals surface area (Å²) < 4.78 is 17.4. The Kier molecular flexibility index (Phi) is 6.69. The monoisotopic (exact) mass is 409 g/mol. The molecule has 8 nitrogen and oxygen atoms in total. The van der Waals surface area contributed by atoms with Gasteiger partial charge >= 0.3 is 5.97 Å². The van der Waals surface area contributed by atoms with Gasteiger partial charge in [-0.3, -0.25) is 4.79 Å². The zero-order valence-corrected chi connectivity index (χ0v) is 17.0. The molecule has 1 aromatic heterocycles. The number of esters is 1. The molecule has 3 aromatic rings. The van der Waals surface area contributed by atoms with Crippen LogP contribution in [-0.4, -0.2) is 42.5 Å². The Morgan fingerprint density at radius 1 is 1.10 bits per heavy atom. The third kappa shape index (κ3) is 4.96. The van der Waals surface area contributed by atoms with Crippen LogP contribution >= 0.6 is 0 Å². The SMILES string of the molecule is COc1ccc(OC)c([C@@H](C)NC(=O)COC(=O)c2ccc(-n3cccn3)cc2)c1. The largest absolute Gasteiger partial charge is 0.497 e. The molecule has 2 aromatic carbocycles. The molecule has 1 N–H and O–H groups in total. The molecule has 0 saturated carbocycles. The number of nitrogens with one attached hydrogen (secondary N) is 1. The topological polar surface area (TPSA) is 91.7 Å². The van der Waals surface area contributed by atoms with Crippen LogP contribution in [0, 0.1) is 0 Å². The van der Waals surface area contributed by atoms with Crippen molar-refractivity contribution in [2.24, 2.45) is 0 Å². The Labute approximate surface area is 174 Å². The van der Waals surface area contributed by atoms with Crippen molar-refractivity contribution in [2.45, 2.75) is 13.0 Å². The van der Waals surface area contributed by atoms with Gasteiger partial charge < -0.3 is 19.5 Å². The molecular weight excluding hydrogens is 386 g/mol. The van der Waals surface area contributed by atoms with Crippen LogP contribution in [-0.2, 0) is 9.53 Å². The number of ether oxygens (including phenoxy) is 3. The van der Waals surface area contributed by atoms with Crippen molar-refractivity contribution in [1.29, 1.82) is 0 Å². The zero-order chi connectivity index (χ0) is 21.5. The Morgan fingerprint density at radius 2 is 1.87 bits per heavy atom. The lowest BCUT2D eigenvalue weighted by Crippen LogP contribution is -2.31. The van der Waals surface area contributed by atoms with Crippen LogP contribution in [0.1, 0.15) is 28.9 Å². The third-order valence-corrected chi connectivity index (χ3v) is 4.49. The summed E-state index contributed by atoms with van der Waals surface area (Å²) in [6, 6.07) is 13.5. The highest BCUT2D eigenvalue weighted by molar-refractivity contribution is 5.91. The van der Waals surface area contributed by atoms with Crippen molar-refractivity contribution < 1.29 is 23.8 Å². The van der Waals surface area contributed by atoms with Gasteiger partial charge in [-0.15, -0.1) is 0 Å². The van der Waals surface area contributed by atoms with Crippen LogP contribution in [0.5, 0.6) is 11.5 Å². The number of nitrogens with zero attached hydrogens (tertiary/aromatic N) is 2. The summed E-state index contributed by atoms with van der Waals surface area (Å²) in [6.45, 7) is 1.42. The molecule has 0 aliphatic rings. The maximum absolute atomic E-state index is 12.3. The van der Waals surface area contributed by atoms with Gasteiger partial charge in [0, 0.05) is 18.0 Å². The van der Waals surface area contributed by atoms with E-state index >= 15 is 0 Å². The molecule has 8 heteroatoms. The Balaban J connectivity index is 1.56. The fraction of sp³-hybridized carbons (Fsp3) is 0.227. The highest BCUT2D eigenvalue weighted by atomic mass is 16.5. The molecule has 1 atom stereocenters. The first-order valence-electron chi connectivity index (χ1n) is 9.30. The standard InChI is InChI=1S/C22H23N3O5/c1-15(19-13-18(28-2)9-10-20(19)29-3)24-21(26)14-30-22(27)16-5-7-17(8-6-16)25-12-4-11-23-25/h4-13,15H,14H2,1-3H3,(H,24,26)/t15-/m1/s1. The number of rotatable bonds is 8. The Bertz CT molecular complexity index is 1000. The lowest BCUT2D eigenvalue weighted by molar-refractivity contribution is -0.124. The number of benzene rings is 2. The second kappa shape index (κ2) is 9.60. The van der Waals surface area contributed by atoms with E-state index in [-0.39, 0.29) is 6.04 Å². The normalized spacial score (nSPS) is 11.4. The van der Waals surface area contributed by atoms with E-state index in [0.717, 1.165) is 11.3 Å². The average molecular weight is 409 g/mol. The number of aromatic nitrogens is 2. The molecule has 0 saturated heterocycles. The van der Waals surface area contributed by atoms with E-state index in [0.29, 0.717) is 17.1 Å². The first kappa shape index (κ1) is 20.9. The van der Waals surface area contributed by atoms with Gasteiger partial charge in [0.15, 0.2) is 6.61 Å². The van der Waals surface area contributed by atoms with Crippen molar-refractivity contribution in [1.82, 2.24) is 15.1 Å². The maximum atomic E-state index is 12.3. The summed E-state index contributed by atoms with van der Waals surface area (Å²) in [5.74, 6) is 0.271. The summed E-state index contributed by atoms with van der Waals surface area (Å²) in [7, 11) is 3.12. The van der Waals surface area contributed by atoms with Crippen LogP contribution in [0.4, 0.5) is 0 Å². The Morgan fingerprint density at radius 3 is 2.50 bits per heavy atom. The van der Waals surface area contributed by atoms with Crippen molar-refractivity contribution >= 4 is 11.9 Å². The molecule has 1 heterocycles. The van der Waals surface area contributed by atoms with E-state index in [1.54, 1.807) is 73.8 Å². The number of methoxy groups -OCH3 is 2. The summed E-state index contributed by atoms with van der Waals surface area (Å²) in [4.78, 5) is 24.5. The first-order chi connectivity index (χ1) is 14.5. The van der Waals surface area contributed by atoms with Crippen LogP contribution in [0.3, 0.4) is 0 Å². The van der Waals surface area contributed by atoms with Gasteiger partial charge in [0.2, 0.25) is 0 Å². The molecule has 0 unspecified atom stereocenters. The van der Waals surface area contributed by atoms with Crippen molar-refractivity contribution in [3.63, 3.8) is 0 Å². The summed E-state index contributed by atoms with van der Waals surface area (Å²) in [5.41, 5.74) is 1.92. The van der Waals surface area contributed by atoms with Gasteiger partial charge in [-0.2, -0.15) is 5.10 Å². The van der Waals surface area contributed by atoms with Crippen LogP contribution < -0.4 is 14.8 Å². The highest BCUT2D eigenvalue weighted by Gasteiger charge is 2.17. The highest BCUT2D eigenvalue weighted by Crippen LogP contribution is 2.29. The zero-order valence-electron chi connectivity index (χ0n) is 17.0. The first-order valence-corrected chi connectivity index (χ1v) is 9.30. The quantitative estimate of drug-likeness (QED) is 0.575. The smallest absolute Gasteiger partial charge is 0.338 e. The lowest BCUT2D eigenvalue weighted by Gasteiger charge is -2.18. The summed E-state index contributed by atoms with van der Waals surface area (Å²) in [6.07, 6.45) is 3.47. The predicted molar refractivity (Wildman–Crippen MR) is 110 cm³/mol. The fourth-order valence-corrected chi connectivity index (χ4v) is 2.92. The van der Waals surface area contributed by atoms with E-state index in [2.05, 4.69) is 10.4 Å². The van der Waals surface area contributed by atoms with E-state index in [1.807, 2.05) is 13.0 Å². The predicted octanol–water partition coefficient (Wildman–Crippen LogP) is 2.92. The van der Waals surface area contributed by atoms with E-state index in [1.165, 1.54) is 0 Å². The van der Waals surface area contributed by atoms with Gasteiger partial charge in [-0.25, -0.2) is 9.48 Å². The van der Waals surface area contributed by atoms with E-state index in [9.17, 15) is 9.59 Å². The van der Waals surface area contributed by atoms with Gasteiger partial charge in [0.1, 0.15) is 11.5 Å². The second-order valence-corrected chi connectivity index (χ2v) is 6.47. The molecule has 0 spiro atoms. The second-order valence-electron chi connectivity index (χ2n) is 6.47. The molecular formula is C22H23N3O5. The van der Waals surface area contributed by atoms with Gasteiger partial charge in [0.05, 0.1) is 31.5 Å². The third-order valence-electron chi connectivity index (χ3n) is 4.49. The molecule has 3 rings (SSSR count). The van der Waals surface area contributed by atoms with Gasteiger partial charge in [0.25, 0.3) is 5.91 Å². The number of carbonyl (C=O) groups is 2. The molecule has 0 fully saturated rings.